The van der Waals surface area contributed by atoms with Crippen molar-refractivity contribution in [1.82, 2.24) is 29.6 Å². The van der Waals surface area contributed by atoms with Crippen LogP contribution in [0.3, 0.4) is 0 Å². The molecule has 1 aliphatic rings. The molecular weight excluding hydrogens is 328 g/mol. The van der Waals surface area contributed by atoms with E-state index >= 15 is 0 Å². The minimum absolute atomic E-state index is 0.104. The van der Waals surface area contributed by atoms with Crippen LogP contribution in [0.25, 0.3) is 11.0 Å². The summed E-state index contributed by atoms with van der Waals surface area (Å²) in [4.78, 5) is 11.4. The van der Waals surface area contributed by atoms with Crippen LogP contribution in [0.4, 0.5) is 0 Å². The number of ether oxygens (including phenoxy) is 1. The average Bonchev–Trinajstić information content (AvgIpc) is 3.12. The zero-order valence-corrected chi connectivity index (χ0v) is 14.4. The van der Waals surface area contributed by atoms with Gasteiger partial charge >= 0.3 is 0 Å². The van der Waals surface area contributed by atoms with Gasteiger partial charge in [-0.05, 0) is 25.1 Å². The van der Waals surface area contributed by atoms with Crippen molar-refractivity contribution >= 4 is 22.6 Å². The zero-order valence-electron chi connectivity index (χ0n) is 13.7. The molecule has 1 saturated heterocycles. The maximum Gasteiger partial charge on any atom is 0.180 e. The second-order valence-corrected chi connectivity index (χ2v) is 6.53. The number of halogens is 1. The fourth-order valence-corrected chi connectivity index (χ4v) is 3.24. The van der Waals surface area contributed by atoms with Crippen LogP contribution in [0.1, 0.15) is 23.6 Å². The van der Waals surface area contributed by atoms with Gasteiger partial charge in [0.05, 0.1) is 24.2 Å². The third-order valence-electron chi connectivity index (χ3n) is 4.35. The van der Waals surface area contributed by atoms with Crippen LogP contribution in [-0.2, 0) is 18.3 Å². The molecular formula is C16H19ClN6O. The third kappa shape index (κ3) is 2.90. The summed E-state index contributed by atoms with van der Waals surface area (Å²) < 4.78 is 7.94. The van der Waals surface area contributed by atoms with Crippen molar-refractivity contribution in [3.8, 4) is 0 Å². The van der Waals surface area contributed by atoms with Crippen molar-refractivity contribution < 1.29 is 4.74 Å². The van der Waals surface area contributed by atoms with Gasteiger partial charge in [-0.1, -0.05) is 11.6 Å². The van der Waals surface area contributed by atoms with Gasteiger partial charge in [0, 0.05) is 25.2 Å². The van der Waals surface area contributed by atoms with Crippen molar-refractivity contribution in [2.75, 3.05) is 19.7 Å². The van der Waals surface area contributed by atoms with Crippen molar-refractivity contribution in [2.24, 2.45) is 7.05 Å². The average molecular weight is 347 g/mol. The molecule has 0 saturated carbocycles. The number of nitrogens with one attached hydrogen (secondary N) is 1. The molecule has 0 aliphatic carbocycles. The van der Waals surface area contributed by atoms with Crippen molar-refractivity contribution in [1.29, 1.82) is 0 Å². The number of aromatic amines is 1. The molecule has 24 heavy (non-hydrogen) atoms. The second-order valence-electron chi connectivity index (χ2n) is 6.09. The number of nitrogens with zero attached hydrogens (tertiary/aromatic N) is 5. The summed E-state index contributed by atoms with van der Waals surface area (Å²) in [6, 6.07) is 5.80. The fraction of sp³-hybridized carbons (Fsp3) is 0.438. The predicted molar refractivity (Wildman–Crippen MR) is 90.8 cm³/mol. The van der Waals surface area contributed by atoms with E-state index in [2.05, 4.69) is 24.6 Å². The number of fused-ring (bicyclic) bond motifs is 1. The molecule has 1 aliphatic heterocycles. The van der Waals surface area contributed by atoms with E-state index < -0.39 is 0 Å². The number of aromatic nitrogens is 5. The topological polar surface area (TPSA) is 71.9 Å². The summed E-state index contributed by atoms with van der Waals surface area (Å²) in [5.41, 5.74) is 2.01. The number of hydrogen-bond acceptors (Lipinski definition) is 5. The molecule has 4 rings (SSSR count). The van der Waals surface area contributed by atoms with Gasteiger partial charge in [0.25, 0.3) is 0 Å². The summed E-state index contributed by atoms with van der Waals surface area (Å²) in [5, 5.41) is 7.80. The number of imidazole rings is 1. The Labute approximate surface area is 144 Å². The maximum absolute atomic E-state index is 6.07. The molecule has 1 fully saturated rings. The molecule has 3 aromatic rings. The maximum atomic E-state index is 6.07. The molecule has 1 atom stereocenters. The molecule has 0 bridgehead atoms. The lowest BCUT2D eigenvalue weighted by molar-refractivity contribution is -0.0379. The Bertz CT molecular complexity index is 873. The Morgan fingerprint density at radius 1 is 1.38 bits per heavy atom. The molecule has 0 spiro atoms. The lowest BCUT2D eigenvalue weighted by Crippen LogP contribution is -2.38. The van der Waals surface area contributed by atoms with Gasteiger partial charge in [0.1, 0.15) is 17.8 Å². The first-order valence-electron chi connectivity index (χ1n) is 7.94. The molecule has 126 valence electrons. The number of aryl methyl sites for hydroxylation is 2. The van der Waals surface area contributed by atoms with Crippen LogP contribution in [0.15, 0.2) is 18.2 Å². The largest absolute Gasteiger partial charge is 0.367 e. The fourth-order valence-electron chi connectivity index (χ4n) is 3.07. The van der Waals surface area contributed by atoms with Gasteiger partial charge in [-0.2, -0.15) is 5.10 Å². The molecule has 7 nitrogen and oxygen atoms in total. The molecule has 2 aromatic heterocycles. The Morgan fingerprint density at radius 2 is 2.25 bits per heavy atom. The van der Waals surface area contributed by atoms with E-state index in [4.69, 9.17) is 21.3 Å². The Kier molecular flexibility index (Phi) is 3.99. The summed E-state index contributed by atoms with van der Waals surface area (Å²) in [6.45, 7) is 4.92. The van der Waals surface area contributed by atoms with Crippen LogP contribution in [-0.4, -0.2) is 49.3 Å². The molecule has 0 radical (unpaired) electrons. The summed E-state index contributed by atoms with van der Waals surface area (Å²) in [7, 11) is 2.04. The van der Waals surface area contributed by atoms with Crippen molar-refractivity contribution in [3.05, 3.63) is 40.7 Å². The first-order chi connectivity index (χ1) is 11.6. The van der Waals surface area contributed by atoms with Gasteiger partial charge in [0.2, 0.25) is 0 Å². The van der Waals surface area contributed by atoms with E-state index in [1.807, 2.05) is 32.2 Å². The highest BCUT2D eigenvalue weighted by atomic mass is 35.5. The lowest BCUT2D eigenvalue weighted by atomic mass is 10.2. The van der Waals surface area contributed by atoms with E-state index in [9.17, 15) is 0 Å². The van der Waals surface area contributed by atoms with Gasteiger partial charge in [-0.3, -0.25) is 10.00 Å². The monoisotopic (exact) mass is 346 g/mol. The van der Waals surface area contributed by atoms with Gasteiger partial charge in [-0.25, -0.2) is 9.97 Å². The first-order valence-corrected chi connectivity index (χ1v) is 8.31. The van der Waals surface area contributed by atoms with Crippen LogP contribution in [0.2, 0.25) is 5.02 Å². The highest BCUT2D eigenvalue weighted by molar-refractivity contribution is 6.31. The van der Waals surface area contributed by atoms with Crippen molar-refractivity contribution in [3.63, 3.8) is 0 Å². The van der Waals surface area contributed by atoms with E-state index in [0.717, 1.165) is 42.3 Å². The summed E-state index contributed by atoms with van der Waals surface area (Å²) >= 11 is 6.07. The van der Waals surface area contributed by atoms with E-state index in [1.54, 1.807) is 0 Å². The molecule has 1 N–H and O–H groups in total. The molecule has 3 heterocycles. The standard InChI is InChI=1S/C16H19ClN6O/c1-10-18-16(21-20-10)14-8-23(5-6-24-14)9-15-19-12-7-11(17)3-4-13(12)22(15)2/h3-4,7,14H,5-6,8-9H2,1-2H3,(H,18,20,21)/t14-/m1/s1. The van der Waals surface area contributed by atoms with E-state index in [1.165, 1.54) is 0 Å². The van der Waals surface area contributed by atoms with Gasteiger partial charge in [0.15, 0.2) is 5.82 Å². The van der Waals surface area contributed by atoms with Crippen LogP contribution < -0.4 is 0 Å². The van der Waals surface area contributed by atoms with E-state index in [0.29, 0.717) is 17.5 Å². The Hall–Kier alpha value is -1.96. The number of benzene rings is 1. The van der Waals surface area contributed by atoms with Crippen LogP contribution >= 0.6 is 11.6 Å². The normalized spacial score (nSPS) is 19.2. The minimum atomic E-state index is -0.104. The molecule has 0 amide bonds. The van der Waals surface area contributed by atoms with Crippen LogP contribution in [0, 0.1) is 6.92 Å². The lowest BCUT2D eigenvalue weighted by Gasteiger charge is -2.31. The van der Waals surface area contributed by atoms with Gasteiger partial charge in [-0.15, -0.1) is 0 Å². The number of morpholine rings is 1. The third-order valence-corrected chi connectivity index (χ3v) is 4.59. The number of rotatable bonds is 3. The zero-order chi connectivity index (χ0) is 16.7. The molecule has 0 unspecified atom stereocenters. The second kappa shape index (κ2) is 6.16. The highest BCUT2D eigenvalue weighted by Crippen LogP contribution is 2.23. The van der Waals surface area contributed by atoms with E-state index in [-0.39, 0.29) is 6.10 Å². The number of H-pyrrole nitrogens is 1. The summed E-state index contributed by atoms with van der Waals surface area (Å²) in [6.07, 6.45) is -0.104. The Morgan fingerprint density at radius 3 is 3.04 bits per heavy atom. The summed E-state index contributed by atoms with van der Waals surface area (Å²) in [5.74, 6) is 2.53. The minimum Gasteiger partial charge on any atom is -0.367 e. The SMILES string of the molecule is Cc1nc([C@H]2CN(Cc3nc4cc(Cl)ccc4n3C)CCO2)n[nH]1. The quantitative estimate of drug-likeness (QED) is 0.787. The van der Waals surface area contributed by atoms with Crippen LogP contribution in [0.5, 0.6) is 0 Å². The Balaban J connectivity index is 1.53. The predicted octanol–water partition coefficient (Wildman–Crippen LogP) is 2.23. The first kappa shape index (κ1) is 15.6. The highest BCUT2D eigenvalue weighted by Gasteiger charge is 2.26. The van der Waals surface area contributed by atoms with Crippen molar-refractivity contribution in [2.45, 2.75) is 19.6 Å². The number of hydrogen-bond donors (Lipinski definition) is 1. The smallest absolute Gasteiger partial charge is 0.180 e. The molecule has 1 aromatic carbocycles. The van der Waals surface area contributed by atoms with Gasteiger partial charge < -0.3 is 9.30 Å². The molecule has 8 heteroatoms.